The average Bonchev–Trinajstić information content (AvgIpc) is 2.59. The van der Waals surface area contributed by atoms with Crippen molar-refractivity contribution in [1.82, 2.24) is 5.32 Å². The molecule has 4 nitrogen and oxygen atoms in total. The third-order valence-corrected chi connectivity index (χ3v) is 4.34. The summed E-state index contributed by atoms with van der Waals surface area (Å²) >= 11 is 3.29. The lowest BCUT2D eigenvalue weighted by Gasteiger charge is -2.17. The molecule has 24 heavy (non-hydrogen) atoms. The van der Waals surface area contributed by atoms with Crippen molar-refractivity contribution in [2.24, 2.45) is 0 Å². The largest absolute Gasteiger partial charge is 0.452 e. The fourth-order valence-electron chi connectivity index (χ4n) is 2.29. The number of aryl methyl sites for hydroxylation is 1. The predicted octanol–water partition coefficient (Wildman–Crippen LogP) is 4.18. The predicted molar refractivity (Wildman–Crippen MR) is 96.8 cm³/mol. The normalized spacial score (nSPS) is 11.6. The summed E-state index contributed by atoms with van der Waals surface area (Å²) < 4.78 is 5.73. The molecule has 1 atom stereocenters. The molecule has 0 fully saturated rings. The molecule has 2 rings (SSSR count). The van der Waals surface area contributed by atoms with Crippen molar-refractivity contribution in [3.8, 4) is 0 Å². The zero-order valence-electron chi connectivity index (χ0n) is 13.7. The van der Waals surface area contributed by atoms with Crippen molar-refractivity contribution in [3.05, 3.63) is 69.7 Å². The van der Waals surface area contributed by atoms with E-state index in [1.807, 2.05) is 38.1 Å². The molecule has 0 heterocycles. The number of carbonyl (C=O) groups is 2. The van der Waals surface area contributed by atoms with Gasteiger partial charge >= 0.3 is 5.97 Å². The number of carbonyl (C=O) groups excluding carboxylic acids is 2. The van der Waals surface area contributed by atoms with Crippen molar-refractivity contribution < 1.29 is 14.3 Å². The zero-order valence-corrected chi connectivity index (χ0v) is 15.3. The van der Waals surface area contributed by atoms with E-state index in [4.69, 9.17) is 4.74 Å². The molecule has 126 valence electrons. The number of rotatable bonds is 6. The van der Waals surface area contributed by atoms with E-state index in [1.54, 1.807) is 24.3 Å². The van der Waals surface area contributed by atoms with Crippen molar-refractivity contribution >= 4 is 27.8 Å². The topological polar surface area (TPSA) is 55.4 Å². The highest BCUT2D eigenvalue weighted by molar-refractivity contribution is 9.10. The maximum absolute atomic E-state index is 12.1. The van der Waals surface area contributed by atoms with Crippen LogP contribution in [0, 0.1) is 6.92 Å². The maximum atomic E-state index is 12.1. The summed E-state index contributed by atoms with van der Waals surface area (Å²) in [5, 5.41) is 2.90. The van der Waals surface area contributed by atoms with Crippen LogP contribution in [0.15, 0.2) is 53.0 Å². The average molecular weight is 390 g/mol. The SMILES string of the molecule is CC[C@@H](NC(=O)COC(=O)c1ccccc1Br)c1ccc(C)cc1. The fraction of sp³-hybridized carbons (Fsp3) is 0.263. The Morgan fingerprint density at radius 1 is 1.12 bits per heavy atom. The first-order valence-electron chi connectivity index (χ1n) is 7.79. The number of ether oxygens (including phenoxy) is 1. The first-order valence-corrected chi connectivity index (χ1v) is 8.58. The Morgan fingerprint density at radius 3 is 2.42 bits per heavy atom. The third-order valence-electron chi connectivity index (χ3n) is 3.65. The van der Waals surface area contributed by atoms with Crippen LogP contribution >= 0.6 is 15.9 Å². The molecule has 2 aromatic rings. The number of halogens is 1. The Bertz CT molecular complexity index is 713. The van der Waals surface area contributed by atoms with E-state index < -0.39 is 5.97 Å². The molecular formula is C19H20BrNO3. The second-order valence-corrected chi connectivity index (χ2v) is 6.35. The van der Waals surface area contributed by atoms with E-state index in [0.29, 0.717) is 10.0 Å². The van der Waals surface area contributed by atoms with Gasteiger partial charge in [-0.2, -0.15) is 0 Å². The Balaban J connectivity index is 1.91. The molecule has 0 saturated carbocycles. The summed E-state index contributed by atoms with van der Waals surface area (Å²) in [7, 11) is 0. The van der Waals surface area contributed by atoms with Crippen molar-refractivity contribution in [3.63, 3.8) is 0 Å². The van der Waals surface area contributed by atoms with E-state index in [9.17, 15) is 9.59 Å². The molecule has 0 saturated heterocycles. The molecule has 2 aromatic carbocycles. The van der Waals surface area contributed by atoms with Crippen LogP contribution in [0.1, 0.15) is 40.9 Å². The lowest BCUT2D eigenvalue weighted by Crippen LogP contribution is -2.32. The highest BCUT2D eigenvalue weighted by atomic mass is 79.9. The van der Waals surface area contributed by atoms with Crippen LogP contribution in [0.2, 0.25) is 0 Å². The van der Waals surface area contributed by atoms with Crippen LogP contribution in [0.3, 0.4) is 0 Å². The van der Waals surface area contributed by atoms with Gasteiger partial charge in [0, 0.05) is 4.47 Å². The Morgan fingerprint density at radius 2 is 1.79 bits per heavy atom. The Kier molecular flexibility index (Phi) is 6.55. The molecule has 0 unspecified atom stereocenters. The Hall–Kier alpha value is -2.14. The summed E-state index contributed by atoms with van der Waals surface area (Å²) in [4.78, 5) is 24.1. The standard InChI is InChI=1S/C19H20BrNO3/c1-3-17(14-10-8-13(2)9-11-14)21-18(22)12-24-19(23)15-6-4-5-7-16(15)20/h4-11,17H,3,12H2,1-2H3,(H,21,22)/t17-/m1/s1. The number of hydrogen-bond acceptors (Lipinski definition) is 3. The molecule has 5 heteroatoms. The van der Waals surface area contributed by atoms with Gasteiger partial charge in [-0.05, 0) is 47.0 Å². The number of hydrogen-bond donors (Lipinski definition) is 1. The van der Waals surface area contributed by atoms with Crippen molar-refractivity contribution in [2.45, 2.75) is 26.3 Å². The molecule has 1 amide bonds. The van der Waals surface area contributed by atoms with Crippen molar-refractivity contribution in [1.29, 1.82) is 0 Å². The summed E-state index contributed by atoms with van der Waals surface area (Å²) in [6.45, 7) is 3.71. The molecular weight excluding hydrogens is 370 g/mol. The highest BCUT2D eigenvalue weighted by Crippen LogP contribution is 2.18. The van der Waals surface area contributed by atoms with Crippen LogP contribution in [0.5, 0.6) is 0 Å². The Labute approximate surface area is 150 Å². The smallest absolute Gasteiger partial charge is 0.339 e. The van der Waals surface area contributed by atoms with E-state index in [-0.39, 0.29) is 18.6 Å². The first kappa shape index (κ1) is 18.2. The van der Waals surface area contributed by atoms with Crippen LogP contribution in [-0.4, -0.2) is 18.5 Å². The number of amides is 1. The van der Waals surface area contributed by atoms with E-state index in [1.165, 1.54) is 5.56 Å². The van der Waals surface area contributed by atoms with Crippen LogP contribution in [0.4, 0.5) is 0 Å². The highest BCUT2D eigenvalue weighted by Gasteiger charge is 2.16. The quantitative estimate of drug-likeness (QED) is 0.753. The zero-order chi connectivity index (χ0) is 17.5. The molecule has 0 spiro atoms. The lowest BCUT2D eigenvalue weighted by atomic mass is 10.0. The van der Waals surface area contributed by atoms with Gasteiger partial charge in [0.1, 0.15) is 0 Å². The van der Waals surface area contributed by atoms with Gasteiger partial charge in [0.25, 0.3) is 5.91 Å². The fourth-order valence-corrected chi connectivity index (χ4v) is 2.74. The molecule has 0 aliphatic heterocycles. The van der Waals surface area contributed by atoms with Gasteiger partial charge in [0.15, 0.2) is 6.61 Å². The third kappa shape index (κ3) is 4.93. The second kappa shape index (κ2) is 8.64. The van der Waals surface area contributed by atoms with Gasteiger partial charge in [-0.25, -0.2) is 4.79 Å². The molecule has 0 aliphatic carbocycles. The van der Waals surface area contributed by atoms with Crippen LogP contribution in [0.25, 0.3) is 0 Å². The summed E-state index contributed by atoms with van der Waals surface area (Å²) in [5.74, 6) is -0.844. The van der Waals surface area contributed by atoms with E-state index in [2.05, 4.69) is 21.2 Å². The van der Waals surface area contributed by atoms with E-state index in [0.717, 1.165) is 12.0 Å². The van der Waals surface area contributed by atoms with Crippen LogP contribution in [-0.2, 0) is 9.53 Å². The van der Waals surface area contributed by atoms with Crippen LogP contribution < -0.4 is 5.32 Å². The summed E-state index contributed by atoms with van der Waals surface area (Å²) in [6.07, 6.45) is 0.757. The van der Waals surface area contributed by atoms with E-state index >= 15 is 0 Å². The van der Waals surface area contributed by atoms with Gasteiger partial charge in [0.05, 0.1) is 11.6 Å². The van der Waals surface area contributed by atoms with Gasteiger partial charge in [-0.3, -0.25) is 4.79 Å². The minimum absolute atomic E-state index is 0.0970. The van der Waals surface area contributed by atoms with Crippen molar-refractivity contribution in [2.75, 3.05) is 6.61 Å². The number of nitrogens with one attached hydrogen (secondary N) is 1. The first-order chi connectivity index (χ1) is 11.5. The molecule has 0 radical (unpaired) electrons. The number of benzene rings is 2. The van der Waals surface area contributed by atoms with Gasteiger partial charge in [-0.1, -0.05) is 48.9 Å². The summed E-state index contributed by atoms with van der Waals surface area (Å²) in [5.41, 5.74) is 2.60. The van der Waals surface area contributed by atoms with Gasteiger partial charge < -0.3 is 10.1 Å². The van der Waals surface area contributed by atoms with Gasteiger partial charge in [-0.15, -0.1) is 0 Å². The second-order valence-electron chi connectivity index (χ2n) is 5.50. The summed E-state index contributed by atoms with van der Waals surface area (Å²) in [6, 6.07) is 14.9. The minimum Gasteiger partial charge on any atom is -0.452 e. The monoisotopic (exact) mass is 389 g/mol. The lowest BCUT2D eigenvalue weighted by molar-refractivity contribution is -0.125. The molecule has 0 aromatic heterocycles. The molecule has 0 aliphatic rings. The molecule has 0 bridgehead atoms. The maximum Gasteiger partial charge on any atom is 0.339 e. The number of esters is 1. The van der Waals surface area contributed by atoms with Gasteiger partial charge in [0.2, 0.25) is 0 Å². The minimum atomic E-state index is -0.527. The molecule has 1 N–H and O–H groups in total.